The smallest absolute Gasteiger partial charge is 0.0951 e. The number of benzene rings is 1. The Bertz CT molecular complexity index is 388. The quantitative estimate of drug-likeness (QED) is 0.741. The van der Waals surface area contributed by atoms with E-state index in [2.05, 4.69) is 43.4 Å². The molecule has 1 saturated heterocycles. The van der Waals surface area contributed by atoms with Crippen LogP contribution in [0.5, 0.6) is 0 Å². The van der Waals surface area contributed by atoms with Crippen LogP contribution in [0.4, 0.5) is 0 Å². The summed E-state index contributed by atoms with van der Waals surface area (Å²) < 4.78 is 11.6. The SMILES string of the molecule is CCCNCC(OCC1CCOC1)c1ccccc1C. The van der Waals surface area contributed by atoms with Gasteiger partial charge >= 0.3 is 0 Å². The van der Waals surface area contributed by atoms with Crippen LogP contribution in [0, 0.1) is 12.8 Å². The first-order valence-electron chi connectivity index (χ1n) is 7.76. The lowest BCUT2D eigenvalue weighted by Gasteiger charge is -2.22. The van der Waals surface area contributed by atoms with Crippen molar-refractivity contribution in [2.45, 2.75) is 32.8 Å². The van der Waals surface area contributed by atoms with E-state index >= 15 is 0 Å². The Kier molecular flexibility index (Phi) is 6.51. The van der Waals surface area contributed by atoms with E-state index in [1.54, 1.807) is 0 Å². The summed E-state index contributed by atoms with van der Waals surface area (Å²) in [5, 5.41) is 3.48. The zero-order chi connectivity index (χ0) is 14.2. The zero-order valence-corrected chi connectivity index (χ0v) is 12.7. The van der Waals surface area contributed by atoms with Gasteiger partial charge < -0.3 is 14.8 Å². The monoisotopic (exact) mass is 277 g/mol. The predicted octanol–water partition coefficient (Wildman–Crippen LogP) is 3.09. The van der Waals surface area contributed by atoms with E-state index in [4.69, 9.17) is 9.47 Å². The van der Waals surface area contributed by atoms with E-state index in [9.17, 15) is 0 Å². The summed E-state index contributed by atoms with van der Waals surface area (Å²) >= 11 is 0. The Morgan fingerprint density at radius 1 is 1.40 bits per heavy atom. The number of ether oxygens (including phenoxy) is 2. The molecule has 1 aliphatic heterocycles. The van der Waals surface area contributed by atoms with Crippen LogP contribution >= 0.6 is 0 Å². The summed E-state index contributed by atoms with van der Waals surface area (Å²) in [5.74, 6) is 0.563. The van der Waals surface area contributed by atoms with Crippen molar-refractivity contribution < 1.29 is 9.47 Å². The first-order valence-corrected chi connectivity index (χ1v) is 7.76. The average Bonchev–Trinajstić information content (AvgIpc) is 2.97. The molecule has 20 heavy (non-hydrogen) atoms. The molecule has 1 aromatic carbocycles. The van der Waals surface area contributed by atoms with E-state index < -0.39 is 0 Å². The van der Waals surface area contributed by atoms with Crippen LogP contribution in [-0.4, -0.2) is 32.9 Å². The number of hydrogen-bond acceptors (Lipinski definition) is 3. The van der Waals surface area contributed by atoms with Crippen molar-refractivity contribution in [2.24, 2.45) is 5.92 Å². The molecule has 0 aliphatic carbocycles. The van der Waals surface area contributed by atoms with Gasteiger partial charge in [-0.3, -0.25) is 0 Å². The molecule has 2 atom stereocenters. The van der Waals surface area contributed by atoms with Gasteiger partial charge in [-0.05, 0) is 37.4 Å². The Labute approximate surface area is 122 Å². The molecule has 112 valence electrons. The number of nitrogens with one attached hydrogen (secondary N) is 1. The van der Waals surface area contributed by atoms with Gasteiger partial charge in [-0.1, -0.05) is 31.2 Å². The van der Waals surface area contributed by atoms with Gasteiger partial charge in [0.2, 0.25) is 0 Å². The van der Waals surface area contributed by atoms with Gasteiger partial charge in [0, 0.05) is 19.1 Å². The topological polar surface area (TPSA) is 30.5 Å². The van der Waals surface area contributed by atoms with E-state index in [-0.39, 0.29) is 6.10 Å². The highest BCUT2D eigenvalue weighted by Gasteiger charge is 2.20. The van der Waals surface area contributed by atoms with Gasteiger partial charge in [-0.25, -0.2) is 0 Å². The first kappa shape index (κ1) is 15.5. The third kappa shape index (κ3) is 4.58. The molecule has 1 aliphatic rings. The predicted molar refractivity (Wildman–Crippen MR) is 82.0 cm³/mol. The lowest BCUT2D eigenvalue weighted by Crippen LogP contribution is -2.26. The maximum Gasteiger partial charge on any atom is 0.0951 e. The molecule has 0 saturated carbocycles. The van der Waals surface area contributed by atoms with Crippen molar-refractivity contribution >= 4 is 0 Å². The summed E-state index contributed by atoms with van der Waals surface area (Å²) in [6, 6.07) is 8.51. The Balaban J connectivity index is 1.94. The molecule has 1 N–H and O–H groups in total. The molecule has 3 nitrogen and oxygen atoms in total. The Morgan fingerprint density at radius 3 is 2.95 bits per heavy atom. The molecule has 1 aromatic rings. The van der Waals surface area contributed by atoms with E-state index in [1.165, 1.54) is 11.1 Å². The molecule has 0 aromatic heterocycles. The number of aryl methyl sites for hydroxylation is 1. The number of rotatable bonds is 8. The molecule has 3 heteroatoms. The van der Waals surface area contributed by atoms with Crippen molar-refractivity contribution in [2.75, 3.05) is 32.9 Å². The fourth-order valence-corrected chi connectivity index (χ4v) is 2.58. The first-order chi connectivity index (χ1) is 9.81. The van der Waals surface area contributed by atoms with E-state index in [0.29, 0.717) is 5.92 Å². The molecular weight excluding hydrogens is 250 g/mol. The fourth-order valence-electron chi connectivity index (χ4n) is 2.58. The fraction of sp³-hybridized carbons (Fsp3) is 0.647. The zero-order valence-electron chi connectivity index (χ0n) is 12.7. The average molecular weight is 277 g/mol. The molecule has 0 bridgehead atoms. The lowest BCUT2D eigenvalue weighted by atomic mass is 10.0. The summed E-state index contributed by atoms with van der Waals surface area (Å²) in [6.07, 6.45) is 2.42. The summed E-state index contributed by atoms with van der Waals surface area (Å²) in [4.78, 5) is 0. The molecular formula is C17H27NO2. The highest BCUT2D eigenvalue weighted by molar-refractivity contribution is 5.28. The van der Waals surface area contributed by atoms with Gasteiger partial charge in [-0.15, -0.1) is 0 Å². The van der Waals surface area contributed by atoms with E-state index in [1.807, 2.05) is 0 Å². The standard InChI is InChI=1S/C17H27NO2/c1-3-9-18-11-17(16-7-5-4-6-14(16)2)20-13-15-8-10-19-12-15/h4-7,15,17-18H,3,8-13H2,1-2H3. The van der Waals surface area contributed by atoms with Gasteiger partial charge in [0.05, 0.1) is 19.3 Å². The Morgan fingerprint density at radius 2 is 2.25 bits per heavy atom. The van der Waals surface area contributed by atoms with Crippen molar-refractivity contribution in [3.63, 3.8) is 0 Å². The van der Waals surface area contributed by atoms with Gasteiger partial charge in [-0.2, -0.15) is 0 Å². The van der Waals surface area contributed by atoms with Crippen LogP contribution in [0.1, 0.15) is 37.0 Å². The van der Waals surface area contributed by atoms with Crippen LogP contribution in [0.3, 0.4) is 0 Å². The summed E-state index contributed by atoms with van der Waals surface area (Å²) in [7, 11) is 0. The van der Waals surface area contributed by atoms with Crippen LogP contribution in [0.15, 0.2) is 24.3 Å². The second-order valence-electron chi connectivity index (χ2n) is 5.61. The Hall–Kier alpha value is -0.900. The molecule has 0 amide bonds. The highest BCUT2D eigenvalue weighted by Crippen LogP contribution is 2.23. The summed E-state index contributed by atoms with van der Waals surface area (Å²) in [5.41, 5.74) is 2.61. The third-order valence-electron chi connectivity index (χ3n) is 3.85. The van der Waals surface area contributed by atoms with Gasteiger partial charge in [0.1, 0.15) is 0 Å². The molecule has 2 unspecified atom stereocenters. The van der Waals surface area contributed by atoms with Crippen LogP contribution < -0.4 is 5.32 Å². The van der Waals surface area contributed by atoms with Crippen LogP contribution in [-0.2, 0) is 9.47 Å². The minimum atomic E-state index is 0.142. The maximum absolute atomic E-state index is 6.20. The van der Waals surface area contributed by atoms with Gasteiger partial charge in [0.25, 0.3) is 0 Å². The second kappa shape index (κ2) is 8.40. The minimum absolute atomic E-state index is 0.142. The normalized spacial score (nSPS) is 20.2. The van der Waals surface area contributed by atoms with Gasteiger partial charge in [0.15, 0.2) is 0 Å². The minimum Gasteiger partial charge on any atom is -0.381 e. The van der Waals surface area contributed by atoms with Crippen molar-refractivity contribution in [1.82, 2.24) is 5.32 Å². The highest BCUT2D eigenvalue weighted by atomic mass is 16.5. The van der Waals surface area contributed by atoms with Crippen molar-refractivity contribution in [3.8, 4) is 0 Å². The molecule has 1 fully saturated rings. The van der Waals surface area contributed by atoms with Crippen LogP contribution in [0.25, 0.3) is 0 Å². The van der Waals surface area contributed by atoms with Crippen molar-refractivity contribution in [1.29, 1.82) is 0 Å². The van der Waals surface area contributed by atoms with E-state index in [0.717, 1.165) is 45.8 Å². The largest absolute Gasteiger partial charge is 0.381 e. The van der Waals surface area contributed by atoms with Crippen molar-refractivity contribution in [3.05, 3.63) is 35.4 Å². The molecule has 1 heterocycles. The third-order valence-corrected chi connectivity index (χ3v) is 3.85. The second-order valence-corrected chi connectivity index (χ2v) is 5.61. The van der Waals surface area contributed by atoms with Crippen LogP contribution in [0.2, 0.25) is 0 Å². The molecule has 0 radical (unpaired) electrons. The molecule has 0 spiro atoms. The lowest BCUT2D eigenvalue weighted by molar-refractivity contribution is 0.0251. The number of hydrogen-bond donors (Lipinski definition) is 1. The molecule has 2 rings (SSSR count). The maximum atomic E-state index is 6.20. The summed E-state index contributed by atoms with van der Waals surface area (Å²) in [6.45, 7) is 8.80.